The third-order valence-electron chi connectivity index (χ3n) is 2.95. The maximum Gasteiger partial charge on any atom is 0.236 e. The number of carbonyl (C=O) groups excluding carboxylic acids is 1. The van der Waals surface area contributed by atoms with E-state index in [1.165, 1.54) is 0 Å². The second-order valence-corrected chi connectivity index (χ2v) is 4.21. The van der Waals surface area contributed by atoms with Gasteiger partial charge < -0.3 is 10.6 Å². The van der Waals surface area contributed by atoms with Crippen molar-refractivity contribution in [1.82, 2.24) is 15.6 Å². The molecule has 4 nitrogen and oxygen atoms in total. The second-order valence-electron chi connectivity index (χ2n) is 4.21. The van der Waals surface area contributed by atoms with Crippen molar-refractivity contribution in [2.45, 2.75) is 19.5 Å². The Morgan fingerprint density at radius 1 is 1.33 bits per heavy atom. The Balaban J connectivity index is 2.15. The van der Waals surface area contributed by atoms with Gasteiger partial charge in [0.15, 0.2) is 0 Å². The molecule has 2 rings (SSSR count). The molecule has 0 fully saturated rings. The van der Waals surface area contributed by atoms with Crippen LogP contribution in [0.3, 0.4) is 0 Å². The highest BCUT2D eigenvalue weighted by Crippen LogP contribution is 2.15. The number of rotatable bonds is 4. The molecule has 0 aliphatic rings. The van der Waals surface area contributed by atoms with E-state index in [1.54, 1.807) is 13.2 Å². The van der Waals surface area contributed by atoms with E-state index in [0.717, 1.165) is 16.5 Å². The third kappa shape index (κ3) is 2.65. The summed E-state index contributed by atoms with van der Waals surface area (Å²) in [5.74, 6) is -0.0109. The zero-order chi connectivity index (χ0) is 13.0. The lowest BCUT2D eigenvalue weighted by Crippen LogP contribution is -2.40. The van der Waals surface area contributed by atoms with E-state index < -0.39 is 0 Å². The van der Waals surface area contributed by atoms with E-state index in [1.807, 2.05) is 37.3 Å². The molecule has 2 N–H and O–H groups in total. The molecule has 1 amide bonds. The summed E-state index contributed by atoms with van der Waals surface area (Å²) in [5, 5.41) is 6.93. The van der Waals surface area contributed by atoms with Gasteiger partial charge in [-0.1, -0.05) is 24.3 Å². The molecule has 1 unspecified atom stereocenters. The van der Waals surface area contributed by atoms with Gasteiger partial charge in [0.25, 0.3) is 0 Å². The van der Waals surface area contributed by atoms with Crippen LogP contribution in [-0.4, -0.2) is 24.0 Å². The van der Waals surface area contributed by atoms with Gasteiger partial charge in [-0.05, 0) is 18.6 Å². The topological polar surface area (TPSA) is 54.0 Å². The van der Waals surface area contributed by atoms with Gasteiger partial charge in [-0.3, -0.25) is 9.78 Å². The number of para-hydroxylation sites is 1. The summed E-state index contributed by atoms with van der Waals surface area (Å²) in [5.41, 5.74) is 2.08. The largest absolute Gasteiger partial charge is 0.358 e. The lowest BCUT2D eigenvalue weighted by Gasteiger charge is -2.13. The first-order chi connectivity index (χ1) is 8.72. The Labute approximate surface area is 106 Å². The van der Waals surface area contributed by atoms with Crippen molar-refractivity contribution in [3.63, 3.8) is 0 Å². The first-order valence-electron chi connectivity index (χ1n) is 6.00. The Bertz CT molecular complexity index is 548. The molecule has 0 saturated carbocycles. The fourth-order valence-electron chi connectivity index (χ4n) is 1.88. The number of amides is 1. The summed E-state index contributed by atoms with van der Waals surface area (Å²) >= 11 is 0. The molecule has 2 aromatic rings. The first-order valence-corrected chi connectivity index (χ1v) is 6.00. The highest BCUT2D eigenvalue weighted by Gasteiger charge is 2.10. The van der Waals surface area contributed by atoms with E-state index >= 15 is 0 Å². The van der Waals surface area contributed by atoms with Gasteiger partial charge in [0.05, 0.1) is 11.6 Å². The van der Waals surface area contributed by atoms with Crippen LogP contribution in [0.2, 0.25) is 0 Å². The van der Waals surface area contributed by atoms with Crippen LogP contribution >= 0.6 is 0 Å². The van der Waals surface area contributed by atoms with Crippen LogP contribution in [-0.2, 0) is 11.3 Å². The first kappa shape index (κ1) is 12.5. The van der Waals surface area contributed by atoms with Gasteiger partial charge >= 0.3 is 0 Å². The second kappa shape index (κ2) is 5.60. The normalized spacial score (nSPS) is 12.3. The lowest BCUT2D eigenvalue weighted by molar-refractivity contribution is -0.122. The summed E-state index contributed by atoms with van der Waals surface area (Å²) in [6.07, 6.45) is 1.79. The number of nitrogens with one attached hydrogen (secondary N) is 2. The van der Waals surface area contributed by atoms with Crippen molar-refractivity contribution in [2.75, 3.05) is 7.05 Å². The molecule has 1 atom stereocenters. The molecule has 0 radical (unpaired) electrons. The Hall–Kier alpha value is -1.94. The van der Waals surface area contributed by atoms with Crippen LogP contribution in [0, 0.1) is 0 Å². The Morgan fingerprint density at radius 2 is 2.11 bits per heavy atom. The molecule has 0 aliphatic heterocycles. The summed E-state index contributed by atoms with van der Waals surface area (Å²) in [6, 6.07) is 9.81. The summed E-state index contributed by atoms with van der Waals surface area (Å²) in [4.78, 5) is 15.8. The SMILES string of the molecule is CNC(=O)C(C)NCc1cccc2cccnc12. The number of likely N-dealkylation sites (N-methyl/N-ethyl adjacent to an activating group) is 1. The van der Waals surface area contributed by atoms with Gasteiger partial charge in [-0.2, -0.15) is 0 Å². The standard InChI is InChI=1S/C14H17N3O/c1-10(14(18)15-2)17-9-12-6-3-5-11-7-4-8-16-13(11)12/h3-8,10,17H,9H2,1-2H3,(H,15,18). The molecular weight excluding hydrogens is 226 g/mol. The number of aromatic nitrogens is 1. The maximum atomic E-state index is 11.4. The van der Waals surface area contributed by atoms with Crippen LogP contribution in [0.5, 0.6) is 0 Å². The monoisotopic (exact) mass is 243 g/mol. The number of carbonyl (C=O) groups is 1. The van der Waals surface area contributed by atoms with Gasteiger partial charge in [0.2, 0.25) is 5.91 Å². The number of hydrogen-bond donors (Lipinski definition) is 2. The highest BCUT2D eigenvalue weighted by molar-refractivity contribution is 5.82. The zero-order valence-electron chi connectivity index (χ0n) is 10.6. The Kier molecular flexibility index (Phi) is 3.89. The zero-order valence-corrected chi connectivity index (χ0v) is 10.6. The minimum Gasteiger partial charge on any atom is -0.358 e. The van der Waals surface area contributed by atoms with Crippen molar-refractivity contribution < 1.29 is 4.79 Å². The molecule has 1 aromatic carbocycles. The number of hydrogen-bond acceptors (Lipinski definition) is 3. The van der Waals surface area contributed by atoms with E-state index in [0.29, 0.717) is 6.54 Å². The molecule has 0 aliphatic carbocycles. The molecular formula is C14H17N3O. The molecule has 1 aromatic heterocycles. The van der Waals surface area contributed by atoms with Gasteiger partial charge in [0, 0.05) is 25.2 Å². The van der Waals surface area contributed by atoms with Crippen molar-refractivity contribution >= 4 is 16.8 Å². The van der Waals surface area contributed by atoms with E-state index in [-0.39, 0.29) is 11.9 Å². The van der Waals surface area contributed by atoms with Crippen molar-refractivity contribution in [1.29, 1.82) is 0 Å². The van der Waals surface area contributed by atoms with Crippen molar-refractivity contribution in [2.24, 2.45) is 0 Å². The van der Waals surface area contributed by atoms with Crippen molar-refractivity contribution in [3.8, 4) is 0 Å². The van der Waals surface area contributed by atoms with Gasteiger partial charge in [-0.25, -0.2) is 0 Å². The molecule has 18 heavy (non-hydrogen) atoms. The molecule has 4 heteroatoms. The number of benzene rings is 1. The lowest BCUT2D eigenvalue weighted by atomic mass is 10.1. The van der Waals surface area contributed by atoms with E-state index in [9.17, 15) is 4.79 Å². The quantitative estimate of drug-likeness (QED) is 0.854. The van der Waals surface area contributed by atoms with E-state index in [4.69, 9.17) is 0 Å². The number of fused-ring (bicyclic) bond motifs is 1. The number of pyridine rings is 1. The van der Waals surface area contributed by atoms with Crippen LogP contribution in [0.1, 0.15) is 12.5 Å². The van der Waals surface area contributed by atoms with Gasteiger partial charge in [0.1, 0.15) is 0 Å². The van der Waals surface area contributed by atoms with Crippen molar-refractivity contribution in [3.05, 3.63) is 42.1 Å². The van der Waals surface area contributed by atoms with Crippen LogP contribution in [0.4, 0.5) is 0 Å². The predicted molar refractivity (Wildman–Crippen MR) is 72.1 cm³/mol. The maximum absolute atomic E-state index is 11.4. The van der Waals surface area contributed by atoms with Crippen LogP contribution in [0.15, 0.2) is 36.5 Å². The smallest absolute Gasteiger partial charge is 0.236 e. The molecule has 0 spiro atoms. The van der Waals surface area contributed by atoms with Crippen LogP contribution < -0.4 is 10.6 Å². The van der Waals surface area contributed by atoms with E-state index in [2.05, 4.69) is 15.6 Å². The minimum absolute atomic E-state index is 0.0109. The minimum atomic E-state index is -0.214. The fourth-order valence-corrected chi connectivity index (χ4v) is 1.88. The highest BCUT2D eigenvalue weighted by atomic mass is 16.2. The van der Waals surface area contributed by atoms with Gasteiger partial charge in [-0.15, -0.1) is 0 Å². The van der Waals surface area contributed by atoms with Crippen LogP contribution in [0.25, 0.3) is 10.9 Å². The fraction of sp³-hybridized carbons (Fsp3) is 0.286. The average Bonchev–Trinajstić information content (AvgIpc) is 2.43. The summed E-state index contributed by atoms with van der Waals surface area (Å²) in [6.45, 7) is 2.47. The molecule has 94 valence electrons. The number of nitrogens with zero attached hydrogens (tertiary/aromatic N) is 1. The molecule has 0 saturated heterocycles. The Morgan fingerprint density at radius 3 is 2.89 bits per heavy atom. The third-order valence-corrected chi connectivity index (χ3v) is 2.95. The summed E-state index contributed by atoms with van der Waals surface area (Å²) in [7, 11) is 1.64. The predicted octanol–water partition coefficient (Wildman–Crippen LogP) is 1.46. The molecule has 0 bridgehead atoms. The molecule has 1 heterocycles. The summed E-state index contributed by atoms with van der Waals surface area (Å²) < 4.78 is 0. The average molecular weight is 243 g/mol.